The summed E-state index contributed by atoms with van der Waals surface area (Å²) in [6.45, 7) is 17.8. The van der Waals surface area contributed by atoms with Crippen LogP contribution in [0.3, 0.4) is 0 Å². The van der Waals surface area contributed by atoms with E-state index >= 15 is 0 Å². The lowest BCUT2D eigenvalue weighted by Crippen LogP contribution is -2.60. The van der Waals surface area contributed by atoms with Gasteiger partial charge in [0, 0.05) is 30.1 Å². The molecule has 0 unspecified atom stereocenters. The molecule has 34 heavy (non-hydrogen) atoms. The van der Waals surface area contributed by atoms with E-state index in [1.54, 1.807) is 0 Å². The van der Waals surface area contributed by atoms with Gasteiger partial charge in [-0.3, -0.25) is 4.79 Å². The Morgan fingerprint density at radius 2 is 1.74 bits per heavy atom. The molecule has 0 aromatic rings. The van der Waals surface area contributed by atoms with Crippen molar-refractivity contribution in [1.82, 2.24) is 0 Å². The molecule has 4 aliphatic carbocycles. The quantitative estimate of drug-likeness (QED) is 0.404. The van der Waals surface area contributed by atoms with E-state index in [2.05, 4.69) is 48.5 Å². The third kappa shape index (κ3) is 2.92. The van der Waals surface area contributed by atoms with Crippen molar-refractivity contribution in [1.29, 1.82) is 0 Å². The largest absolute Gasteiger partial charge is 0.349 e. The molecular formula is C31H50O3. The number of carbonyl (C=O) groups excluding carboxylic acids is 1. The minimum Gasteiger partial charge on any atom is -0.349 e. The Morgan fingerprint density at radius 1 is 0.971 bits per heavy atom. The van der Waals surface area contributed by atoms with Crippen LogP contribution in [0.2, 0.25) is 0 Å². The first-order valence-electron chi connectivity index (χ1n) is 14.8. The Labute approximate surface area is 208 Å². The highest BCUT2D eigenvalue weighted by atomic mass is 16.7. The van der Waals surface area contributed by atoms with Gasteiger partial charge in [-0.25, -0.2) is 0 Å². The number of ketones is 1. The molecule has 2 saturated heterocycles. The fourth-order valence-corrected chi connectivity index (χ4v) is 11.0. The van der Waals surface area contributed by atoms with E-state index in [-0.39, 0.29) is 11.5 Å². The topological polar surface area (TPSA) is 35.5 Å². The molecule has 1 spiro atoms. The molecule has 0 amide bonds. The molecule has 6 aliphatic rings. The number of fused-ring (bicyclic) bond motifs is 7. The van der Waals surface area contributed by atoms with Crippen molar-refractivity contribution in [2.45, 2.75) is 118 Å². The molecule has 2 heterocycles. The maximum absolute atomic E-state index is 14.3. The monoisotopic (exact) mass is 470 g/mol. The van der Waals surface area contributed by atoms with Gasteiger partial charge in [-0.2, -0.15) is 0 Å². The number of ether oxygens (including phenoxy) is 2. The van der Waals surface area contributed by atoms with Gasteiger partial charge in [-0.05, 0) is 91.3 Å². The smallest absolute Gasteiger partial charge is 0.171 e. The van der Waals surface area contributed by atoms with Gasteiger partial charge >= 0.3 is 0 Å². The lowest BCUT2D eigenvalue weighted by molar-refractivity contribution is -0.272. The van der Waals surface area contributed by atoms with Gasteiger partial charge in [0.1, 0.15) is 5.78 Å². The fourth-order valence-electron chi connectivity index (χ4n) is 11.0. The molecular weight excluding hydrogens is 420 g/mol. The van der Waals surface area contributed by atoms with Crippen LogP contribution in [0.5, 0.6) is 0 Å². The van der Waals surface area contributed by atoms with Gasteiger partial charge in [-0.15, -0.1) is 0 Å². The zero-order valence-electron chi connectivity index (χ0n) is 23.0. The number of hydrogen-bond donors (Lipinski definition) is 0. The summed E-state index contributed by atoms with van der Waals surface area (Å²) >= 11 is 0. The summed E-state index contributed by atoms with van der Waals surface area (Å²) < 4.78 is 13.3. The number of carbonyl (C=O) groups is 1. The second-order valence-electron chi connectivity index (χ2n) is 15.0. The summed E-state index contributed by atoms with van der Waals surface area (Å²) in [6.07, 6.45) is 11.0. The lowest BCUT2D eigenvalue weighted by Gasteiger charge is -2.65. The van der Waals surface area contributed by atoms with Gasteiger partial charge < -0.3 is 9.47 Å². The Kier molecular flexibility index (Phi) is 5.33. The molecule has 0 N–H and O–H groups in total. The Bertz CT molecular complexity index is 842. The molecule has 0 radical (unpaired) electrons. The molecule has 12 atom stereocenters. The molecule has 3 nitrogen and oxygen atoms in total. The van der Waals surface area contributed by atoms with E-state index in [1.807, 2.05) is 0 Å². The molecule has 0 bridgehead atoms. The first-order valence-corrected chi connectivity index (χ1v) is 14.8. The third-order valence-electron chi connectivity index (χ3n) is 13.5. The van der Waals surface area contributed by atoms with Gasteiger partial charge in [0.15, 0.2) is 5.79 Å². The fraction of sp³-hybridized carbons (Fsp3) is 0.968. The van der Waals surface area contributed by atoms with E-state index in [1.165, 1.54) is 38.5 Å². The van der Waals surface area contributed by atoms with Crippen molar-refractivity contribution >= 4 is 5.78 Å². The standard InChI is InChI=1S/C31H50O3/c1-18(2)21-9-12-29(6)23-15-26(32)30(7)24(22(23)10-11-28(29,5)16-21)14-25-27(30)20(4)31(34-25)13-8-19(3)17-33-31/h18-25,27H,8-17H2,1-7H3/t19-,20+,21+,22-,23+,24+,25+,27+,28+,29-,30-,31-/m1/s1. The summed E-state index contributed by atoms with van der Waals surface area (Å²) in [5.74, 6) is 4.79. The van der Waals surface area contributed by atoms with Crippen molar-refractivity contribution in [2.75, 3.05) is 6.61 Å². The SMILES string of the molecule is CC(C)[C@H]1CC[C@]2(C)[C@H]3CC(=O)[C@]4(C)[C@@H]5[C@H](C[C@H]4[C@@H]3CC[C@@]2(C)C1)O[C@]1(CC[C@@H](C)CO1)[C@H]5C. The maximum Gasteiger partial charge on any atom is 0.171 e. The summed E-state index contributed by atoms with van der Waals surface area (Å²) in [5, 5.41) is 0. The minimum atomic E-state index is -0.431. The minimum absolute atomic E-state index is 0.207. The zero-order valence-corrected chi connectivity index (χ0v) is 23.0. The van der Waals surface area contributed by atoms with Crippen LogP contribution < -0.4 is 0 Å². The molecule has 4 saturated carbocycles. The van der Waals surface area contributed by atoms with E-state index in [9.17, 15) is 4.79 Å². The highest BCUT2D eigenvalue weighted by molar-refractivity contribution is 5.87. The van der Waals surface area contributed by atoms with Crippen molar-refractivity contribution < 1.29 is 14.3 Å². The third-order valence-corrected chi connectivity index (χ3v) is 13.5. The molecule has 0 aromatic heterocycles. The number of hydrogen-bond acceptors (Lipinski definition) is 3. The number of rotatable bonds is 1. The van der Waals surface area contributed by atoms with Gasteiger partial charge in [0.05, 0.1) is 12.7 Å². The van der Waals surface area contributed by atoms with Gasteiger partial charge in [-0.1, -0.05) is 48.5 Å². The van der Waals surface area contributed by atoms with Crippen LogP contribution in [0.4, 0.5) is 0 Å². The normalized spacial score (nSPS) is 59.0. The Hall–Kier alpha value is -0.410. The summed E-state index contributed by atoms with van der Waals surface area (Å²) in [7, 11) is 0. The van der Waals surface area contributed by atoms with Crippen molar-refractivity contribution in [3.05, 3.63) is 0 Å². The van der Waals surface area contributed by atoms with Crippen molar-refractivity contribution in [3.8, 4) is 0 Å². The molecule has 2 aliphatic heterocycles. The predicted molar refractivity (Wildman–Crippen MR) is 135 cm³/mol. The van der Waals surface area contributed by atoms with E-state index in [0.717, 1.165) is 37.7 Å². The van der Waals surface area contributed by atoms with Crippen LogP contribution >= 0.6 is 0 Å². The van der Waals surface area contributed by atoms with E-state index < -0.39 is 5.79 Å². The Balaban J connectivity index is 1.29. The highest BCUT2D eigenvalue weighted by Crippen LogP contribution is 2.73. The summed E-state index contributed by atoms with van der Waals surface area (Å²) in [5.41, 5.74) is 0.483. The van der Waals surface area contributed by atoms with Gasteiger partial charge in [0.25, 0.3) is 0 Å². The molecule has 3 heteroatoms. The molecule has 6 rings (SSSR count). The number of Topliss-reactive ketones (excluding diaryl/α,β-unsaturated/α-hetero) is 1. The van der Waals surface area contributed by atoms with Crippen LogP contribution in [0.25, 0.3) is 0 Å². The molecule has 192 valence electrons. The van der Waals surface area contributed by atoms with E-state index in [4.69, 9.17) is 9.47 Å². The second-order valence-corrected chi connectivity index (χ2v) is 15.0. The first kappa shape index (κ1) is 24.0. The lowest BCUT2D eigenvalue weighted by atomic mass is 9.39. The van der Waals surface area contributed by atoms with Crippen LogP contribution in [0.15, 0.2) is 0 Å². The van der Waals surface area contributed by atoms with E-state index in [0.29, 0.717) is 52.1 Å². The average Bonchev–Trinajstić information content (AvgIpc) is 3.23. The van der Waals surface area contributed by atoms with Crippen LogP contribution in [0.1, 0.15) is 106 Å². The summed E-state index contributed by atoms with van der Waals surface area (Å²) in [4.78, 5) is 14.3. The summed E-state index contributed by atoms with van der Waals surface area (Å²) in [6, 6.07) is 0. The van der Waals surface area contributed by atoms with Crippen molar-refractivity contribution in [3.63, 3.8) is 0 Å². The first-order chi connectivity index (χ1) is 16.0. The Morgan fingerprint density at radius 3 is 2.41 bits per heavy atom. The van der Waals surface area contributed by atoms with Crippen molar-refractivity contribution in [2.24, 2.45) is 63.6 Å². The predicted octanol–water partition coefficient (Wildman–Crippen LogP) is 7.27. The zero-order chi connectivity index (χ0) is 24.3. The highest BCUT2D eigenvalue weighted by Gasteiger charge is 2.72. The average molecular weight is 471 g/mol. The molecule has 0 aromatic carbocycles. The van der Waals surface area contributed by atoms with Crippen LogP contribution in [0, 0.1) is 63.6 Å². The second kappa shape index (κ2) is 7.56. The molecule has 6 fully saturated rings. The van der Waals surface area contributed by atoms with Crippen LogP contribution in [-0.2, 0) is 14.3 Å². The van der Waals surface area contributed by atoms with Crippen LogP contribution in [-0.4, -0.2) is 24.3 Å². The maximum atomic E-state index is 14.3. The van der Waals surface area contributed by atoms with Gasteiger partial charge in [0.2, 0.25) is 0 Å².